The molecule has 560 valence electrons. The molecule has 3 aliphatic heterocycles. The molecular formula is C69H59F11N14O11S2. The van der Waals surface area contributed by atoms with E-state index in [2.05, 4.69) is 45.5 Å². The Morgan fingerprint density at radius 1 is 0.514 bits per heavy atom. The maximum absolute atomic E-state index is 16.7. The highest BCUT2D eigenvalue weighted by molar-refractivity contribution is 7.19. The second kappa shape index (κ2) is 32.9. The van der Waals surface area contributed by atoms with E-state index in [0.29, 0.717) is 61.9 Å². The minimum atomic E-state index is -5.59. The van der Waals surface area contributed by atoms with Crippen LogP contribution >= 0.6 is 22.7 Å². The van der Waals surface area contributed by atoms with Crippen LogP contribution in [-0.2, 0) is 28.6 Å². The number of anilines is 7. The van der Waals surface area contributed by atoms with E-state index < -0.39 is 147 Å². The number of halogens is 11. The summed E-state index contributed by atoms with van der Waals surface area (Å²) in [6.07, 6.45) is -17.9. The number of carbonyl (C=O) groups is 5. The molecular weight excluding hydrogens is 1470 g/mol. The van der Waals surface area contributed by atoms with Crippen molar-refractivity contribution >= 4 is 90.9 Å². The van der Waals surface area contributed by atoms with E-state index in [1.165, 1.54) is 48.5 Å². The molecule has 12 rings (SSSR count). The highest BCUT2D eigenvalue weighted by Crippen LogP contribution is 2.47. The van der Waals surface area contributed by atoms with Gasteiger partial charge in [-0.2, -0.15) is 0 Å². The number of nitrogens with zero attached hydrogens (tertiary/aromatic N) is 11. The average molecular weight is 1530 g/mol. The van der Waals surface area contributed by atoms with Crippen LogP contribution in [0.15, 0.2) is 146 Å². The largest absolute Gasteiger partial charge is 0.573 e. The Morgan fingerprint density at radius 2 is 0.944 bits per heavy atom. The van der Waals surface area contributed by atoms with Gasteiger partial charge in [0.1, 0.15) is 17.8 Å². The molecule has 107 heavy (non-hydrogen) atoms. The zero-order valence-corrected chi connectivity index (χ0v) is 57.1. The maximum Gasteiger partial charge on any atom is 0.573 e. The van der Waals surface area contributed by atoms with Crippen LogP contribution in [0.2, 0.25) is 0 Å². The number of rotatable bonds is 23. The lowest BCUT2D eigenvalue weighted by atomic mass is 10.0. The average Bonchev–Trinajstić information content (AvgIpc) is 1.74. The van der Waals surface area contributed by atoms with Crippen molar-refractivity contribution < 1.29 is 101 Å². The third kappa shape index (κ3) is 19.2. The standard InChI is InChI=1S/C69H59F11N14O11S2/c70-48-7-3-1-5-46(48)60-85-87-65(106-60)93(63(98)42-12-18-54(103-67(72,73)74)51(33-42)83-57(95)37-89-21-27-100-28-22-89)62(41-11-20-56(105-69(78,79)80)53(35-41)92(59(97)39-91-25-31-102-32-26-91)45-16-17-50(82-36-45)40-9-14-44(81)15-10-40)94(66-88-86-61(107-66)47-6-2-4-8-49(47)71)64(99)43-13-19-55(104-68(75,76)77)52(34-43)84-58(96)38-90-23-29-101-30-24-90/h1-20,33-36,62H,21-32,37-39,81H2,(H,83,95)(H,84,96). The van der Waals surface area contributed by atoms with Gasteiger partial charge in [0.25, 0.3) is 11.8 Å². The first-order valence-electron chi connectivity index (χ1n) is 32.4. The molecule has 9 aromatic rings. The van der Waals surface area contributed by atoms with Gasteiger partial charge in [0, 0.05) is 72.8 Å². The van der Waals surface area contributed by atoms with E-state index in [4.69, 9.17) is 24.7 Å². The summed E-state index contributed by atoms with van der Waals surface area (Å²) in [6.45, 7) is 0.672. The molecule has 0 bridgehead atoms. The highest BCUT2D eigenvalue weighted by atomic mass is 32.1. The molecule has 25 nitrogen and oxygen atoms in total. The number of nitrogens with one attached hydrogen (secondary N) is 2. The third-order valence-corrected chi connectivity index (χ3v) is 18.4. The van der Waals surface area contributed by atoms with Crippen LogP contribution in [0.25, 0.3) is 32.4 Å². The van der Waals surface area contributed by atoms with Crippen LogP contribution in [0.3, 0.4) is 0 Å². The number of ether oxygens (including phenoxy) is 6. The van der Waals surface area contributed by atoms with Gasteiger partial charge >= 0.3 is 19.1 Å². The minimum absolute atomic E-state index is 0.119. The summed E-state index contributed by atoms with van der Waals surface area (Å²) in [7, 11) is 0. The topological polar surface area (TPSA) is 275 Å². The molecule has 0 aliphatic carbocycles. The van der Waals surface area contributed by atoms with Crippen molar-refractivity contribution in [3.8, 4) is 49.6 Å². The van der Waals surface area contributed by atoms with E-state index in [9.17, 15) is 35.9 Å². The number of nitrogen functional groups attached to an aromatic ring is 1. The molecule has 0 radical (unpaired) electrons. The smallest absolute Gasteiger partial charge is 0.404 e. The molecule has 6 aromatic carbocycles. The monoisotopic (exact) mass is 1530 g/mol. The number of amides is 5. The first kappa shape index (κ1) is 75.8. The van der Waals surface area contributed by atoms with Crippen LogP contribution in [0, 0.1) is 11.6 Å². The molecule has 5 amide bonds. The SMILES string of the molecule is Nc1ccc(-c2ccc(N(C(=O)CN3CCOCC3)c3cc(C(N(C(=O)c4ccc(OC(F)(F)F)c(NC(=O)CN5CCOCC5)c4)c4nnc(-c5ccccc5F)s4)N(C(=O)c4ccc(OC(F)(F)F)c(NC(=O)CN5CCOCC5)c4)c4nnc(-c5ccccc5F)s4)ccc3OC(F)(F)F)cn2)cc1. The number of alkyl halides is 9. The zero-order valence-electron chi connectivity index (χ0n) is 55.5. The van der Waals surface area contributed by atoms with Gasteiger partial charge in [-0.3, -0.25) is 58.4 Å². The number of aromatic nitrogens is 5. The Balaban J connectivity index is 1.14. The maximum atomic E-state index is 16.7. The molecule has 3 fully saturated rings. The van der Waals surface area contributed by atoms with Crippen molar-refractivity contribution in [2.24, 2.45) is 0 Å². The van der Waals surface area contributed by atoms with Crippen LogP contribution < -0.4 is 45.3 Å². The van der Waals surface area contributed by atoms with E-state index in [-0.39, 0.29) is 111 Å². The number of morpholine rings is 3. The van der Waals surface area contributed by atoms with E-state index in [1.807, 2.05) is 0 Å². The second-order valence-corrected chi connectivity index (χ2v) is 25.7. The van der Waals surface area contributed by atoms with E-state index in [0.717, 1.165) is 59.6 Å². The summed E-state index contributed by atoms with van der Waals surface area (Å²) in [5.41, 5.74) is 1.88. The lowest BCUT2D eigenvalue weighted by molar-refractivity contribution is -0.275. The van der Waals surface area contributed by atoms with E-state index >= 15 is 36.3 Å². The molecule has 3 aliphatic rings. The fraction of sp³-hybridized carbons (Fsp3) is 0.275. The lowest BCUT2D eigenvalue weighted by Gasteiger charge is -2.38. The fourth-order valence-electron chi connectivity index (χ4n) is 11.5. The predicted molar refractivity (Wildman–Crippen MR) is 367 cm³/mol. The van der Waals surface area contributed by atoms with Crippen LogP contribution in [-0.4, -0.2) is 187 Å². The van der Waals surface area contributed by atoms with Crippen molar-refractivity contribution in [1.29, 1.82) is 0 Å². The molecule has 4 N–H and O–H groups in total. The quantitative estimate of drug-likeness (QED) is 0.0305. The normalized spacial score (nSPS) is 14.8. The second-order valence-electron chi connectivity index (χ2n) is 23.8. The van der Waals surface area contributed by atoms with Gasteiger partial charge in [-0.1, -0.05) is 65.1 Å². The number of hydrogen-bond donors (Lipinski definition) is 3. The third-order valence-electron chi connectivity index (χ3n) is 16.4. The van der Waals surface area contributed by atoms with Gasteiger partial charge in [0.15, 0.2) is 27.3 Å². The number of nitrogens with two attached hydrogens (primary N) is 1. The highest BCUT2D eigenvalue weighted by Gasteiger charge is 2.44. The number of pyridine rings is 1. The van der Waals surface area contributed by atoms with Crippen LogP contribution in [0.5, 0.6) is 17.2 Å². The molecule has 0 spiro atoms. The van der Waals surface area contributed by atoms with Crippen molar-refractivity contribution in [2.75, 3.05) is 130 Å². The first-order chi connectivity index (χ1) is 51.2. The number of benzene rings is 6. The van der Waals surface area contributed by atoms with Gasteiger partial charge in [-0.05, 0) is 103 Å². The van der Waals surface area contributed by atoms with Crippen molar-refractivity contribution in [3.05, 3.63) is 174 Å². The Labute approximate surface area is 607 Å². The summed E-state index contributed by atoms with van der Waals surface area (Å²) in [5, 5.41) is 19.7. The summed E-state index contributed by atoms with van der Waals surface area (Å²) in [4.78, 5) is 88.2. The summed E-state index contributed by atoms with van der Waals surface area (Å²) in [5.74, 6) is -10.9. The molecule has 3 saturated heterocycles. The molecule has 0 saturated carbocycles. The van der Waals surface area contributed by atoms with Gasteiger partial charge in [-0.15, -0.1) is 59.9 Å². The molecule has 6 heterocycles. The zero-order chi connectivity index (χ0) is 75.7. The molecule has 0 unspecified atom stereocenters. The molecule has 0 atom stereocenters. The van der Waals surface area contributed by atoms with Crippen molar-refractivity contribution in [2.45, 2.75) is 25.3 Å². The summed E-state index contributed by atoms with van der Waals surface area (Å²) >= 11 is 0.819. The summed E-state index contributed by atoms with van der Waals surface area (Å²) < 4.78 is 194. The van der Waals surface area contributed by atoms with Gasteiger partial charge in [0.2, 0.25) is 28.0 Å². The van der Waals surface area contributed by atoms with Crippen molar-refractivity contribution in [1.82, 2.24) is 40.1 Å². The predicted octanol–water partition coefficient (Wildman–Crippen LogP) is 11.6. The van der Waals surface area contributed by atoms with Gasteiger partial charge in [0.05, 0.1) is 93.9 Å². The van der Waals surface area contributed by atoms with Crippen molar-refractivity contribution in [3.63, 3.8) is 0 Å². The Kier molecular flexibility index (Phi) is 23.3. The van der Waals surface area contributed by atoms with Crippen LogP contribution in [0.4, 0.5) is 87.0 Å². The molecule has 3 aromatic heterocycles. The minimum Gasteiger partial charge on any atom is -0.404 e. The summed E-state index contributed by atoms with van der Waals surface area (Å²) in [6, 6.07) is 25.9. The van der Waals surface area contributed by atoms with E-state index in [1.54, 1.807) is 39.0 Å². The Bertz CT molecular complexity index is 4500. The van der Waals surface area contributed by atoms with Gasteiger partial charge in [-0.25, -0.2) is 8.78 Å². The number of hydrogen-bond acceptors (Lipinski definition) is 22. The molecule has 38 heteroatoms. The van der Waals surface area contributed by atoms with Crippen LogP contribution in [0.1, 0.15) is 32.4 Å². The van der Waals surface area contributed by atoms with Gasteiger partial charge < -0.3 is 44.8 Å². The number of carbonyl (C=O) groups excluding carboxylic acids is 5. The lowest BCUT2D eigenvalue weighted by Crippen LogP contribution is -2.48. The Hall–Kier alpha value is -10.9. The fourth-order valence-corrected chi connectivity index (χ4v) is 13.3. The Morgan fingerprint density at radius 3 is 1.37 bits per heavy atom. The first-order valence-corrected chi connectivity index (χ1v) is 34.0.